The van der Waals surface area contributed by atoms with Crippen molar-refractivity contribution in [3.05, 3.63) is 182 Å². The predicted molar refractivity (Wildman–Crippen MR) is 224 cm³/mol. The van der Waals surface area contributed by atoms with E-state index in [9.17, 15) is 0 Å². The smallest absolute Gasteiger partial charge is 0.116 e. The van der Waals surface area contributed by atoms with Gasteiger partial charge in [-0.3, -0.25) is 0 Å². The van der Waals surface area contributed by atoms with E-state index >= 15 is 0 Å². The number of hydrogen-bond donors (Lipinski definition) is 0. The van der Waals surface area contributed by atoms with Crippen molar-refractivity contribution in [1.29, 1.82) is 0 Å². The van der Waals surface area contributed by atoms with Crippen molar-refractivity contribution in [2.45, 2.75) is 0 Å². The SMILES string of the molecule is c1ccc(-n2c3ccccc3c3c(-c4cccc5c4c4ccccc4n5-c4ccc(-c5ncnc6c5-c5cccc7cccc-6c57)cc4)cccc32)cc1. The van der Waals surface area contributed by atoms with Crippen LogP contribution in [0.25, 0.3) is 111 Å². The number of hydrogen-bond acceptors (Lipinski definition) is 2. The monoisotopic (exact) mass is 686 g/mol. The third-order valence-electron chi connectivity index (χ3n) is 11.4. The summed E-state index contributed by atoms with van der Waals surface area (Å²) in [7, 11) is 0. The van der Waals surface area contributed by atoms with Crippen LogP contribution >= 0.6 is 0 Å². The van der Waals surface area contributed by atoms with Crippen molar-refractivity contribution in [2.75, 3.05) is 0 Å². The molecule has 0 amide bonds. The average Bonchev–Trinajstić information content (AvgIpc) is 3.88. The lowest BCUT2D eigenvalue weighted by atomic mass is 9.95. The molecule has 3 heterocycles. The van der Waals surface area contributed by atoms with Crippen molar-refractivity contribution >= 4 is 54.4 Å². The summed E-state index contributed by atoms with van der Waals surface area (Å²) in [4.78, 5) is 9.66. The number of aromatic nitrogens is 4. The van der Waals surface area contributed by atoms with Crippen molar-refractivity contribution in [1.82, 2.24) is 19.1 Å². The molecule has 4 nitrogen and oxygen atoms in total. The molecule has 0 atom stereocenters. The Morgan fingerprint density at radius 1 is 0.333 bits per heavy atom. The summed E-state index contributed by atoms with van der Waals surface area (Å²) in [6.07, 6.45) is 1.71. The van der Waals surface area contributed by atoms with E-state index in [1.807, 2.05) is 0 Å². The van der Waals surface area contributed by atoms with Crippen LogP contribution in [0, 0.1) is 0 Å². The molecule has 1 aliphatic carbocycles. The summed E-state index contributed by atoms with van der Waals surface area (Å²) in [6, 6.07) is 63.7. The van der Waals surface area contributed by atoms with Crippen molar-refractivity contribution in [2.24, 2.45) is 0 Å². The molecule has 0 bridgehead atoms. The standard InChI is InChI=1S/C50H30N4/c1-2-14-33(15-3-1)53-41-22-6-4-16-37(41)46-35(18-10-24-43(46)53)36-19-11-25-44-47(36)38-17-5-7-23-42(38)54(44)34-28-26-32(27-29-34)49-48-39-20-8-12-31-13-9-21-40(45(31)39)50(48)52-30-51-49/h1-30H. The van der Waals surface area contributed by atoms with Gasteiger partial charge in [0.1, 0.15) is 6.33 Å². The van der Waals surface area contributed by atoms with E-state index in [2.05, 4.69) is 185 Å². The molecule has 54 heavy (non-hydrogen) atoms. The Labute approximate surface area is 310 Å². The normalized spacial score (nSPS) is 12.1. The number of benzene rings is 8. The Hall–Kier alpha value is -7.30. The third-order valence-corrected chi connectivity index (χ3v) is 11.4. The quantitative estimate of drug-likeness (QED) is 0.185. The molecule has 0 saturated heterocycles. The van der Waals surface area contributed by atoms with Crippen LogP contribution in [-0.2, 0) is 0 Å². The molecule has 0 fully saturated rings. The van der Waals surface area contributed by atoms with Gasteiger partial charge < -0.3 is 9.13 Å². The van der Waals surface area contributed by atoms with Gasteiger partial charge in [0.2, 0.25) is 0 Å². The highest BCUT2D eigenvalue weighted by Gasteiger charge is 2.26. The van der Waals surface area contributed by atoms with Gasteiger partial charge in [0, 0.05) is 49.6 Å². The fourth-order valence-electron chi connectivity index (χ4n) is 9.20. The number of rotatable bonds is 4. The molecule has 0 saturated carbocycles. The lowest BCUT2D eigenvalue weighted by Gasteiger charge is -2.12. The highest BCUT2D eigenvalue weighted by atomic mass is 15.0. The molecule has 0 unspecified atom stereocenters. The molecule has 0 spiro atoms. The van der Waals surface area contributed by atoms with Crippen molar-refractivity contribution in [3.63, 3.8) is 0 Å². The third kappa shape index (κ3) is 3.97. The fraction of sp³-hybridized carbons (Fsp3) is 0. The molecule has 0 radical (unpaired) electrons. The molecule has 0 aliphatic heterocycles. The van der Waals surface area contributed by atoms with Crippen molar-refractivity contribution in [3.8, 4) is 56.1 Å². The molecular formula is C50H30N4. The number of nitrogens with zero attached hydrogens (tertiary/aromatic N) is 4. The van der Waals surface area contributed by atoms with Gasteiger partial charge in [0.15, 0.2) is 0 Å². The summed E-state index contributed by atoms with van der Waals surface area (Å²) < 4.78 is 4.80. The van der Waals surface area contributed by atoms with Crippen LogP contribution in [-0.4, -0.2) is 19.1 Å². The van der Waals surface area contributed by atoms with Gasteiger partial charge in [-0.2, -0.15) is 0 Å². The second-order valence-corrected chi connectivity index (χ2v) is 14.1. The molecule has 250 valence electrons. The van der Waals surface area contributed by atoms with E-state index in [0.717, 1.165) is 33.9 Å². The maximum absolute atomic E-state index is 4.88. The zero-order valence-electron chi connectivity index (χ0n) is 29.1. The van der Waals surface area contributed by atoms with E-state index in [0.29, 0.717) is 0 Å². The summed E-state index contributed by atoms with van der Waals surface area (Å²) in [6.45, 7) is 0. The molecule has 3 aromatic heterocycles. The zero-order valence-corrected chi connectivity index (χ0v) is 29.1. The Morgan fingerprint density at radius 2 is 0.833 bits per heavy atom. The first-order valence-electron chi connectivity index (χ1n) is 18.4. The predicted octanol–water partition coefficient (Wildman–Crippen LogP) is 12.8. The van der Waals surface area contributed by atoms with Crippen LogP contribution in [0.5, 0.6) is 0 Å². The van der Waals surface area contributed by atoms with Gasteiger partial charge in [-0.1, -0.05) is 127 Å². The van der Waals surface area contributed by atoms with E-state index in [1.54, 1.807) is 6.33 Å². The molecule has 12 rings (SSSR count). The minimum absolute atomic E-state index is 0.961. The molecule has 8 aromatic carbocycles. The summed E-state index contributed by atoms with van der Waals surface area (Å²) in [5.41, 5.74) is 16.0. The van der Waals surface area contributed by atoms with E-state index in [1.165, 1.54) is 76.6 Å². The molecule has 11 aromatic rings. The molecule has 0 N–H and O–H groups in total. The van der Waals surface area contributed by atoms with Crippen LogP contribution in [0.3, 0.4) is 0 Å². The Bertz CT molecular complexity index is 3310. The van der Waals surface area contributed by atoms with Crippen LogP contribution < -0.4 is 0 Å². The van der Waals surface area contributed by atoms with Crippen LogP contribution in [0.1, 0.15) is 0 Å². The topological polar surface area (TPSA) is 35.6 Å². The van der Waals surface area contributed by atoms with E-state index in [4.69, 9.17) is 9.97 Å². The summed E-state index contributed by atoms with van der Waals surface area (Å²) in [5.74, 6) is 0. The van der Waals surface area contributed by atoms with Crippen LogP contribution in [0.15, 0.2) is 182 Å². The Kier molecular flexibility index (Phi) is 6.02. The maximum atomic E-state index is 4.88. The minimum Gasteiger partial charge on any atom is -0.309 e. The summed E-state index contributed by atoms with van der Waals surface area (Å²) >= 11 is 0. The molecule has 4 heteroatoms. The Morgan fingerprint density at radius 3 is 1.48 bits per heavy atom. The van der Waals surface area contributed by atoms with Gasteiger partial charge >= 0.3 is 0 Å². The molecular weight excluding hydrogens is 657 g/mol. The number of para-hydroxylation sites is 3. The first-order valence-corrected chi connectivity index (χ1v) is 18.4. The highest BCUT2D eigenvalue weighted by Crippen LogP contribution is 2.49. The lowest BCUT2D eigenvalue weighted by Crippen LogP contribution is -1.95. The lowest BCUT2D eigenvalue weighted by molar-refractivity contribution is 1.17. The first kappa shape index (κ1) is 29.3. The first-order chi connectivity index (χ1) is 26.8. The zero-order chi connectivity index (χ0) is 35.3. The van der Waals surface area contributed by atoms with E-state index < -0.39 is 0 Å². The summed E-state index contributed by atoms with van der Waals surface area (Å²) in [5, 5.41) is 7.49. The van der Waals surface area contributed by atoms with Crippen LogP contribution in [0.4, 0.5) is 0 Å². The van der Waals surface area contributed by atoms with Gasteiger partial charge in [-0.25, -0.2) is 9.97 Å². The Balaban J connectivity index is 1.05. The second-order valence-electron chi connectivity index (χ2n) is 14.1. The van der Waals surface area contributed by atoms with Gasteiger partial charge in [0.25, 0.3) is 0 Å². The van der Waals surface area contributed by atoms with Crippen LogP contribution in [0.2, 0.25) is 0 Å². The minimum atomic E-state index is 0.961. The van der Waals surface area contributed by atoms with Gasteiger partial charge in [0.05, 0.1) is 33.5 Å². The largest absolute Gasteiger partial charge is 0.309 e. The second kappa shape index (κ2) is 11.1. The van der Waals surface area contributed by atoms with E-state index in [-0.39, 0.29) is 0 Å². The number of fused-ring (bicyclic) bond motifs is 9. The fourth-order valence-corrected chi connectivity index (χ4v) is 9.20. The molecule has 1 aliphatic rings. The van der Waals surface area contributed by atoms with Crippen molar-refractivity contribution < 1.29 is 0 Å². The maximum Gasteiger partial charge on any atom is 0.116 e. The highest BCUT2D eigenvalue weighted by molar-refractivity contribution is 6.22. The van der Waals surface area contributed by atoms with Gasteiger partial charge in [-0.05, 0) is 76.0 Å². The average molecular weight is 687 g/mol. The van der Waals surface area contributed by atoms with Gasteiger partial charge in [-0.15, -0.1) is 0 Å².